The van der Waals surface area contributed by atoms with E-state index in [1.807, 2.05) is 18.2 Å². The standard InChI is InChI=1S/C9H6O2.C7H8/c10-8-5-9(11)7-4-2-1-3-6(7)8;1-7-5-3-2-4-6-7/h1-4H,5H2;2-6H,1H3. The van der Waals surface area contributed by atoms with Crippen molar-refractivity contribution in [3.8, 4) is 0 Å². The minimum atomic E-state index is -0.0504. The van der Waals surface area contributed by atoms with Gasteiger partial charge in [0.15, 0.2) is 11.6 Å². The smallest absolute Gasteiger partial charge is 0.171 e. The Kier molecular flexibility index (Phi) is 3.68. The van der Waals surface area contributed by atoms with E-state index in [1.165, 1.54) is 5.56 Å². The van der Waals surface area contributed by atoms with Gasteiger partial charge in [-0.15, -0.1) is 0 Å². The zero-order chi connectivity index (χ0) is 13.0. The van der Waals surface area contributed by atoms with Crippen molar-refractivity contribution in [1.29, 1.82) is 0 Å². The summed E-state index contributed by atoms with van der Waals surface area (Å²) in [5.74, 6) is -0.101. The number of Topliss-reactive ketones (excluding diaryl/α,β-unsaturated/α-hetero) is 2. The Morgan fingerprint density at radius 2 is 1.17 bits per heavy atom. The molecule has 18 heavy (non-hydrogen) atoms. The van der Waals surface area contributed by atoms with Gasteiger partial charge in [-0.25, -0.2) is 0 Å². The highest BCUT2D eigenvalue weighted by Crippen LogP contribution is 2.20. The lowest BCUT2D eigenvalue weighted by Gasteiger charge is -1.90. The summed E-state index contributed by atoms with van der Waals surface area (Å²) in [7, 11) is 0. The molecule has 0 aromatic heterocycles. The maximum Gasteiger partial charge on any atom is 0.171 e. The molecule has 0 spiro atoms. The van der Waals surface area contributed by atoms with Crippen LogP contribution in [0.2, 0.25) is 0 Å². The van der Waals surface area contributed by atoms with E-state index < -0.39 is 0 Å². The number of carbonyl (C=O) groups is 2. The highest BCUT2D eigenvalue weighted by atomic mass is 16.2. The predicted molar refractivity (Wildman–Crippen MR) is 70.9 cm³/mol. The van der Waals surface area contributed by atoms with Gasteiger partial charge in [-0.1, -0.05) is 60.2 Å². The van der Waals surface area contributed by atoms with Crippen LogP contribution in [0, 0.1) is 6.92 Å². The molecule has 2 aromatic carbocycles. The van der Waals surface area contributed by atoms with Crippen molar-refractivity contribution in [2.24, 2.45) is 0 Å². The highest BCUT2D eigenvalue weighted by molar-refractivity contribution is 6.24. The first kappa shape index (κ1) is 12.2. The summed E-state index contributed by atoms with van der Waals surface area (Å²) < 4.78 is 0. The van der Waals surface area contributed by atoms with Gasteiger partial charge in [0, 0.05) is 11.1 Å². The van der Waals surface area contributed by atoms with E-state index in [1.54, 1.807) is 24.3 Å². The van der Waals surface area contributed by atoms with Gasteiger partial charge in [0.25, 0.3) is 0 Å². The Morgan fingerprint density at radius 1 is 0.722 bits per heavy atom. The second-order valence-corrected chi connectivity index (χ2v) is 4.22. The molecule has 0 unspecified atom stereocenters. The molecule has 3 rings (SSSR count). The summed E-state index contributed by atoms with van der Waals surface area (Å²) in [6.07, 6.45) is 0.0549. The maximum atomic E-state index is 11.1. The summed E-state index contributed by atoms with van der Waals surface area (Å²) in [6.45, 7) is 2.08. The van der Waals surface area contributed by atoms with Gasteiger partial charge in [-0.2, -0.15) is 0 Å². The molecule has 0 radical (unpaired) electrons. The van der Waals surface area contributed by atoms with E-state index >= 15 is 0 Å². The zero-order valence-corrected chi connectivity index (χ0v) is 10.2. The van der Waals surface area contributed by atoms with E-state index in [2.05, 4.69) is 19.1 Å². The van der Waals surface area contributed by atoms with Gasteiger partial charge in [-0.3, -0.25) is 9.59 Å². The maximum absolute atomic E-state index is 11.1. The van der Waals surface area contributed by atoms with Crippen molar-refractivity contribution in [2.75, 3.05) is 0 Å². The summed E-state index contributed by atoms with van der Waals surface area (Å²) in [5, 5.41) is 0. The number of rotatable bonds is 0. The Bertz CT molecular complexity index is 538. The van der Waals surface area contributed by atoms with Crippen LogP contribution in [0.25, 0.3) is 0 Å². The van der Waals surface area contributed by atoms with E-state index in [4.69, 9.17) is 0 Å². The topological polar surface area (TPSA) is 34.1 Å². The quantitative estimate of drug-likeness (QED) is 0.659. The number of fused-ring (bicyclic) bond motifs is 1. The fraction of sp³-hybridized carbons (Fsp3) is 0.125. The fourth-order valence-corrected chi connectivity index (χ4v) is 1.84. The van der Waals surface area contributed by atoms with Crippen LogP contribution in [-0.4, -0.2) is 11.6 Å². The third-order valence-corrected chi connectivity index (χ3v) is 2.79. The lowest BCUT2D eigenvalue weighted by Crippen LogP contribution is -1.90. The Labute approximate surface area is 106 Å². The van der Waals surface area contributed by atoms with Crippen molar-refractivity contribution < 1.29 is 9.59 Å². The molecule has 0 N–H and O–H groups in total. The van der Waals surface area contributed by atoms with E-state index in [-0.39, 0.29) is 18.0 Å². The number of hydrogen-bond donors (Lipinski definition) is 0. The number of carbonyl (C=O) groups excluding carboxylic acids is 2. The molecule has 1 aliphatic carbocycles. The molecule has 2 heteroatoms. The SMILES string of the molecule is Cc1ccccc1.O=C1CC(=O)c2ccccc21. The molecule has 0 heterocycles. The van der Waals surface area contributed by atoms with Crippen LogP contribution in [-0.2, 0) is 0 Å². The second kappa shape index (κ2) is 5.41. The number of hydrogen-bond acceptors (Lipinski definition) is 2. The van der Waals surface area contributed by atoms with Crippen LogP contribution in [0.5, 0.6) is 0 Å². The Hall–Kier alpha value is -2.22. The van der Waals surface area contributed by atoms with E-state index in [9.17, 15) is 9.59 Å². The van der Waals surface area contributed by atoms with Crippen molar-refractivity contribution in [3.63, 3.8) is 0 Å². The molecule has 2 nitrogen and oxygen atoms in total. The van der Waals surface area contributed by atoms with Gasteiger partial charge in [0.2, 0.25) is 0 Å². The lowest BCUT2D eigenvalue weighted by molar-refractivity contribution is 0.0923. The summed E-state index contributed by atoms with van der Waals surface area (Å²) in [4.78, 5) is 22.1. The molecule has 2 aromatic rings. The molecule has 0 saturated carbocycles. The zero-order valence-electron chi connectivity index (χ0n) is 10.2. The van der Waals surface area contributed by atoms with Gasteiger partial charge >= 0.3 is 0 Å². The number of ketones is 2. The van der Waals surface area contributed by atoms with Gasteiger partial charge < -0.3 is 0 Å². The first-order chi connectivity index (χ1) is 8.68. The molecule has 0 bridgehead atoms. The summed E-state index contributed by atoms with van der Waals surface area (Å²) in [6, 6.07) is 17.2. The first-order valence-electron chi connectivity index (χ1n) is 5.85. The van der Waals surface area contributed by atoms with Crippen LogP contribution < -0.4 is 0 Å². The molecule has 1 aliphatic rings. The molecule has 0 saturated heterocycles. The average Bonchev–Trinajstić information content (AvgIpc) is 2.68. The van der Waals surface area contributed by atoms with Crippen molar-refractivity contribution in [2.45, 2.75) is 13.3 Å². The highest BCUT2D eigenvalue weighted by Gasteiger charge is 2.25. The Balaban J connectivity index is 0.000000149. The lowest BCUT2D eigenvalue weighted by atomic mass is 10.1. The predicted octanol–water partition coefficient (Wildman–Crippen LogP) is 3.45. The number of benzene rings is 2. The van der Waals surface area contributed by atoms with Crippen LogP contribution in [0.4, 0.5) is 0 Å². The molecular weight excluding hydrogens is 224 g/mol. The third kappa shape index (κ3) is 2.72. The van der Waals surface area contributed by atoms with Crippen LogP contribution in [0.1, 0.15) is 32.7 Å². The van der Waals surface area contributed by atoms with E-state index in [0.717, 1.165) is 0 Å². The van der Waals surface area contributed by atoms with Crippen molar-refractivity contribution >= 4 is 11.6 Å². The van der Waals surface area contributed by atoms with Crippen LogP contribution in [0.15, 0.2) is 54.6 Å². The molecule has 90 valence electrons. The largest absolute Gasteiger partial charge is 0.294 e. The average molecular weight is 238 g/mol. The van der Waals surface area contributed by atoms with Crippen molar-refractivity contribution in [3.05, 3.63) is 71.3 Å². The van der Waals surface area contributed by atoms with Crippen LogP contribution >= 0.6 is 0 Å². The molecule has 0 fully saturated rings. The number of aryl methyl sites for hydroxylation is 1. The fourth-order valence-electron chi connectivity index (χ4n) is 1.84. The van der Waals surface area contributed by atoms with Gasteiger partial charge in [-0.05, 0) is 6.92 Å². The van der Waals surface area contributed by atoms with Gasteiger partial charge in [0.05, 0.1) is 6.42 Å². The molecular formula is C16H14O2. The minimum absolute atomic E-state index is 0.0504. The van der Waals surface area contributed by atoms with Gasteiger partial charge in [0.1, 0.15) is 0 Å². The Morgan fingerprint density at radius 3 is 1.56 bits per heavy atom. The first-order valence-corrected chi connectivity index (χ1v) is 5.85. The minimum Gasteiger partial charge on any atom is -0.294 e. The monoisotopic (exact) mass is 238 g/mol. The molecule has 0 aliphatic heterocycles. The van der Waals surface area contributed by atoms with Crippen molar-refractivity contribution in [1.82, 2.24) is 0 Å². The van der Waals surface area contributed by atoms with Crippen LogP contribution in [0.3, 0.4) is 0 Å². The molecule has 0 amide bonds. The summed E-state index contributed by atoms with van der Waals surface area (Å²) >= 11 is 0. The summed E-state index contributed by atoms with van der Waals surface area (Å²) in [5.41, 5.74) is 2.48. The van der Waals surface area contributed by atoms with E-state index in [0.29, 0.717) is 11.1 Å². The molecule has 0 atom stereocenters. The second-order valence-electron chi connectivity index (χ2n) is 4.22. The third-order valence-electron chi connectivity index (χ3n) is 2.79. The normalized spacial score (nSPS) is 12.7.